The number of nitrogens with zero attached hydrogens (tertiary/aromatic N) is 2. The quantitative estimate of drug-likeness (QED) is 0.129. The van der Waals surface area contributed by atoms with Gasteiger partial charge in [-0.1, -0.05) is 206 Å². The highest BCUT2D eigenvalue weighted by Crippen LogP contribution is 2.46. The van der Waals surface area contributed by atoms with Crippen molar-refractivity contribution in [2.24, 2.45) is 0 Å². The first-order chi connectivity index (χ1) is 35.9. The van der Waals surface area contributed by atoms with Crippen molar-refractivity contribution in [2.75, 3.05) is 9.80 Å². The van der Waals surface area contributed by atoms with Crippen LogP contribution in [0.15, 0.2) is 283 Å². The molecule has 0 aliphatic carbocycles. The van der Waals surface area contributed by atoms with Crippen LogP contribution in [0.4, 0.5) is 34.1 Å². The summed E-state index contributed by atoms with van der Waals surface area (Å²) < 4.78 is 41.6. The van der Waals surface area contributed by atoms with Gasteiger partial charge < -0.3 is 14.2 Å². The number of para-hydroxylation sites is 2. The second-order valence-corrected chi connectivity index (χ2v) is 17.0. The maximum atomic E-state index is 8.98. The van der Waals surface area contributed by atoms with Gasteiger partial charge in [-0.3, -0.25) is 0 Å². The van der Waals surface area contributed by atoms with Gasteiger partial charge in [-0.2, -0.15) is 0 Å². The molecule has 0 aliphatic rings. The Bertz CT molecular complexity index is 3550. The van der Waals surface area contributed by atoms with Crippen LogP contribution in [0.1, 0.15) is 5.48 Å². The number of furan rings is 1. The summed E-state index contributed by atoms with van der Waals surface area (Å²) in [7, 11) is 0. The molecule has 12 aromatic rings. The Morgan fingerprint density at radius 3 is 1.00 bits per heavy atom. The van der Waals surface area contributed by atoms with E-state index < -0.39 is 0 Å². The first-order valence-corrected chi connectivity index (χ1v) is 23.2. The van der Waals surface area contributed by atoms with Gasteiger partial charge in [0.1, 0.15) is 11.2 Å². The second-order valence-electron chi connectivity index (χ2n) is 17.0. The van der Waals surface area contributed by atoms with E-state index in [0.29, 0.717) is 16.4 Å². The zero-order valence-electron chi connectivity index (χ0n) is 41.6. The Kier molecular flexibility index (Phi) is 9.78. The van der Waals surface area contributed by atoms with Gasteiger partial charge in [0, 0.05) is 50.5 Å². The van der Waals surface area contributed by atoms with Crippen molar-refractivity contribution in [3.05, 3.63) is 279 Å². The van der Waals surface area contributed by atoms with Crippen LogP contribution in [-0.4, -0.2) is 0 Å². The number of hydrogen-bond donors (Lipinski definition) is 0. The van der Waals surface area contributed by atoms with Crippen LogP contribution < -0.4 is 9.80 Å². The lowest BCUT2D eigenvalue weighted by Gasteiger charge is -2.30. The Balaban J connectivity index is 1.11. The van der Waals surface area contributed by atoms with E-state index in [-0.39, 0.29) is 29.8 Å². The third-order valence-corrected chi connectivity index (χ3v) is 12.8. The molecule has 0 spiro atoms. The van der Waals surface area contributed by atoms with Crippen molar-refractivity contribution < 1.29 is 9.90 Å². The smallest absolute Gasteiger partial charge is 0.143 e. The number of benzene rings is 11. The van der Waals surface area contributed by atoms with Gasteiger partial charge in [0.2, 0.25) is 0 Å². The Morgan fingerprint density at radius 1 is 0.275 bits per heavy atom. The molecule has 3 nitrogen and oxygen atoms in total. The lowest BCUT2D eigenvalue weighted by Crippen LogP contribution is -2.13. The molecule has 0 saturated carbocycles. The molecule has 0 N–H and O–H groups in total. The Morgan fingerprint density at radius 2 is 0.623 bits per heavy atom. The highest BCUT2D eigenvalue weighted by Gasteiger charge is 2.22. The Hall–Kier alpha value is -9.18. The lowest BCUT2D eigenvalue weighted by molar-refractivity contribution is 0.670. The summed E-state index contributed by atoms with van der Waals surface area (Å²) in [5.74, 6) is 0. The maximum Gasteiger partial charge on any atom is 0.143 e. The molecular weight excluding hydrogens is 837 g/mol. The van der Waals surface area contributed by atoms with Crippen molar-refractivity contribution in [3.63, 3.8) is 0 Å². The highest BCUT2D eigenvalue weighted by molar-refractivity contribution is 6.10. The predicted molar refractivity (Wildman–Crippen MR) is 290 cm³/mol. The summed E-state index contributed by atoms with van der Waals surface area (Å²) in [6.45, 7) is 0. The molecule has 1 heterocycles. The molecule has 0 aliphatic heterocycles. The summed E-state index contributed by atoms with van der Waals surface area (Å²) in [6, 6.07) is 87.7. The van der Waals surface area contributed by atoms with Gasteiger partial charge in [-0.05, 0) is 123 Å². The van der Waals surface area contributed by atoms with Gasteiger partial charge in [-0.15, -0.1) is 0 Å². The van der Waals surface area contributed by atoms with Crippen LogP contribution in [0.3, 0.4) is 0 Å². The molecule has 0 atom stereocenters. The summed E-state index contributed by atoms with van der Waals surface area (Å²) >= 11 is 0. The minimum Gasteiger partial charge on any atom is -0.455 e. The average molecular weight is 887 g/mol. The van der Waals surface area contributed by atoms with Crippen molar-refractivity contribution in [2.45, 2.75) is 0 Å². The number of fused-ring (bicyclic) bond motifs is 3. The minimum atomic E-state index is -0.332. The van der Waals surface area contributed by atoms with Crippen molar-refractivity contribution >= 4 is 56.1 Å². The molecule has 0 amide bonds. The summed E-state index contributed by atoms with van der Waals surface area (Å²) in [6.07, 6.45) is 0. The van der Waals surface area contributed by atoms with E-state index in [1.165, 1.54) is 0 Å². The monoisotopic (exact) mass is 886 g/mol. The van der Waals surface area contributed by atoms with Crippen molar-refractivity contribution in [1.82, 2.24) is 0 Å². The molecule has 0 fully saturated rings. The van der Waals surface area contributed by atoms with Gasteiger partial charge in [0.25, 0.3) is 0 Å². The molecular formula is C66H46N2O. The fourth-order valence-corrected chi connectivity index (χ4v) is 9.38. The molecule has 1 aromatic heterocycles. The number of rotatable bonds is 11. The topological polar surface area (TPSA) is 19.6 Å². The van der Waals surface area contributed by atoms with Gasteiger partial charge >= 0.3 is 0 Å². The molecule has 3 heteroatoms. The van der Waals surface area contributed by atoms with E-state index in [2.05, 4.69) is 222 Å². The van der Waals surface area contributed by atoms with Crippen LogP contribution in [0.2, 0.25) is 0 Å². The zero-order valence-corrected chi connectivity index (χ0v) is 37.6. The summed E-state index contributed by atoms with van der Waals surface area (Å²) in [5.41, 5.74) is 16.7. The van der Waals surface area contributed by atoms with Gasteiger partial charge in [-0.25, -0.2) is 0 Å². The fraction of sp³-hybridized carbons (Fsp3) is 0. The summed E-state index contributed by atoms with van der Waals surface area (Å²) in [5, 5.41) is 0.970. The number of hydrogen-bond acceptors (Lipinski definition) is 3. The average Bonchev–Trinajstić information content (AvgIpc) is 3.86. The summed E-state index contributed by atoms with van der Waals surface area (Å²) in [4.78, 5) is 4.57. The van der Waals surface area contributed by atoms with Gasteiger partial charge in [0.05, 0.1) is 5.48 Å². The first-order valence-electron chi connectivity index (χ1n) is 25.2. The molecule has 69 heavy (non-hydrogen) atoms. The van der Waals surface area contributed by atoms with Gasteiger partial charge in [0.15, 0.2) is 0 Å². The van der Waals surface area contributed by atoms with E-state index in [9.17, 15) is 0 Å². The minimum absolute atomic E-state index is 0.127. The number of anilines is 6. The van der Waals surface area contributed by atoms with E-state index in [0.717, 1.165) is 89.8 Å². The van der Waals surface area contributed by atoms with Crippen molar-refractivity contribution in [1.29, 1.82) is 0 Å². The predicted octanol–water partition coefficient (Wildman–Crippen LogP) is 18.9. The fourth-order valence-electron chi connectivity index (χ4n) is 9.38. The van der Waals surface area contributed by atoms with Crippen LogP contribution in [0, 0.1) is 0 Å². The molecule has 0 unspecified atom stereocenters. The van der Waals surface area contributed by atoms with Crippen LogP contribution >= 0.6 is 0 Å². The maximum absolute atomic E-state index is 8.98. The molecule has 0 bridgehead atoms. The third-order valence-electron chi connectivity index (χ3n) is 12.8. The van der Waals surface area contributed by atoms with Crippen LogP contribution in [0.25, 0.3) is 77.6 Å². The molecule has 0 radical (unpaired) electrons. The lowest BCUT2D eigenvalue weighted by atomic mass is 9.99. The van der Waals surface area contributed by atoms with Crippen LogP contribution in [-0.2, 0) is 0 Å². The van der Waals surface area contributed by atoms with E-state index in [4.69, 9.17) is 9.90 Å². The molecule has 11 aromatic carbocycles. The second kappa shape index (κ2) is 18.2. The van der Waals surface area contributed by atoms with E-state index in [1.54, 1.807) is 0 Å². The molecule has 326 valence electrons. The molecule has 12 rings (SSSR count). The first kappa shape index (κ1) is 37.0. The SMILES string of the molecule is [2H]c1c([2H])c([2H])c2c(oc3c(-c4cc(N(c5ccc(-c6ccccc6)cc5)c5ccc(-c6ccccc6)cc5)cc(N(c5ccc(-c6ccccc6)cc5)c5ccc(-c6ccccc6)cc5)c4)cccc32)c1[2H]. The standard InChI is InChI=1S/C66H46N2O/c1-5-16-47(17-6-1)51-28-36-56(37-29-51)67(57-38-30-52(31-39-57)48-18-7-2-8-19-48)60-44-55(62-25-15-26-64-63-24-13-14-27-65(63)69-66(62)64)45-61(46-60)68(58-40-32-53(33-41-58)49-20-9-3-10-21-49)59-42-34-54(35-43-59)50-22-11-4-12-23-50/h1-46H/i13D,14D,24D,27D. The van der Waals surface area contributed by atoms with E-state index >= 15 is 0 Å². The third kappa shape index (κ3) is 8.24. The Labute approximate surface area is 408 Å². The molecule has 0 saturated heterocycles. The zero-order chi connectivity index (χ0) is 49.4. The largest absolute Gasteiger partial charge is 0.455 e. The van der Waals surface area contributed by atoms with Crippen LogP contribution in [0.5, 0.6) is 0 Å². The highest BCUT2D eigenvalue weighted by atomic mass is 16.3. The van der Waals surface area contributed by atoms with E-state index in [1.807, 2.05) is 42.5 Å². The van der Waals surface area contributed by atoms with Crippen molar-refractivity contribution in [3.8, 4) is 55.6 Å². The normalized spacial score (nSPS) is 12.0.